The van der Waals surface area contributed by atoms with E-state index in [0.717, 1.165) is 28.7 Å². The van der Waals surface area contributed by atoms with Crippen LogP contribution in [0.1, 0.15) is 18.2 Å². The van der Waals surface area contributed by atoms with E-state index in [1.54, 1.807) is 16.2 Å². The summed E-state index contributed by atoms with van der Waals surface area (Å²) in [6, 6.07) is 5.91. The lowest BCUT2D eigenvalue weighted by Crippen LogP contribution is -2.13. The van der Waals surface area contributed by atoms with Gasteiger partial charge < -0.3 is 9.42 Å². The first-order valence-corrected chi connectivity index (χ1v) is 7.53. The Hall–Kier alpha value is -2.46. The van der Waals surface area contributed by atoms with E-state index in [9.17, 15) is 0 Å². The summed E-state index contributed by atoms with van der Waals surface area (Å²) < 4.78 is 6.48. The van der Waals surface area contributed by atoms with E-state index in [2.05, 4.69) is 21.3 Å². The van der Waals surface area contributed by atoms with E-state index in [1.165, 1.54) is 0 Å². The maximum Gasteiger partial charge on any atom is 0.257 e. The molecule has 104 valence electrons. The Morgan fingerprint density at radius 1 is 1.43 bits per heavy atom. The number of likely N-dealkylation sites (tertiary alicyclic amines) is 1. The lowest BCUT2D eigenvalue weighted by atomic mass is 10.1. The van der Waals surface area contributed by atoms with Crippen LogP contribution >= 0.6 is 11.3 Å². The van der Waals surface area contributed by atoms with Crippen LogP contribution in [0, 0.1) is 11.5 Å². The first kappa shape index (κ1) is 12.3. The van der Waals surface area contributed by atoms with Crippen molar-refractivity contribution in [3.05, 3.63) is 29.5 Å². The number of hydrogen-bond acceptors (Lipinski definition) is 7. The molecule has 0 bridgehead atoms. The van der Waals surface area contributed by atoms with E-state index in [4.69, 9.17) is 9.78 Å². The average molecular weight is 297 g/mol. The largest absolute Gasteiger partial charge is 0.334 e. The fraction of sp³-hybridized carbons (Fsp3) is 0.286. The SMILES string of the molecule is N#CN1CCC(c2noc(-c3ccc4ncsc4c3)n2)C1. The highest BCUT2D eigenvalue weighted by atomic mass is 32.1. The van der Waals surface area contributed by atoms with Gasteiger partial charge in [0.2, 0.25) is 0 Å². The van der Waals surface area contributed by atoms with Crippen molar-refractivity contribution in [3.8, 4) is 17.6 Å². The zero-order valence-corrected chi connectivity index (χ0v) is 11.9. The fourth-order valence-corrected chi connectivity index (χ4v) is 3.28. The van der Waals surface area contributed by atoms with E-state index < -0.39 is 0 Å². The summed E-state index contributed by atoms with van der Waals surface area (Å²) in [5.74, 6) is 1.39. The van der Waals surface area contributed by atoms with Crippen molar-refractivity contribution in [2.45, 2.75) is 12.3 Å². The van der Waals surface area contributed by atoms with E-state index in [-0.39, 0.29) is 5.92 Å². The quantitative estimate of drug-likeness (QED) is 0.676. The number of rotatable bonds is 2. The van der Waals surface area contributed by atoms with Crippen LogP contribution < -0.4 is 0 Å². The molecule has 6 nitrogen and oxygen atoms in total. The molecular formula is C14H11N5OS. The fourth-order valence-electron chi connectivity index (χ4n) is 2.57. The molecule has 2 aromatic heterocycles. The number of hydrogen-bond donors (Lipinski definition) is 0. The van der Waals surface area contributed by atoms with E-state index in [1.807, 2.05) is 23.7 Å². The van der Waals surface area contributed by atoms with Crippen LogP contribution in [0.15, 0.2) is 28.2 Å². The number of aromatic nitrogens is 3. The average Bonchev–Trinajstić information content (AvgIpc) is 3.24. The highest BCUT2D eigenvalue weighted by Gasteiger charge is 2.27. The Bertz CT molecular complexity index is 833. The van der Waals surface area contributed by atoms with Crippen LogP contribution in [0.25, 0.3) is 21.7 Å². The van der Waals surface area contributed by atoms with Gasteiger partial charge in [0, 0.05) is 24.6 Å². The van der Waals surface area contributed by atoms with Crippen LogP contribution in [0.4, 0.5) is 0 Å². The van der Waals surface area contributed by atoms with Gasteiger partial charge in [-0.15, -0.1) is 11.3 Å². The molecule has 7 heteroatoms. The summed E-state index contributed by atoms with van der Waals surface area (Å²) in [6.45, 7) is 1.43. The molecule has 0 radical (unpaired) electrons. The topological polar surface area (TPSA) is 78.8 Å². The molecule has 0 spiro atoms. The standard InChI is InChI=1S/C14H11N5OS/c15-7-19-4-3-10(6-19)13-17-14(20-18-13)9-1-2-11-12(5-9)21-8-16-11/h1-2,5,8,10H,3-4,6H2. The molecule has 1 atom stereocenters. The van der Waals surface area contributed by atoms with Crippen molar-refractivity contribution in [3.63, 3.8) is 0 Å². The monoisotopic (exact) mass is 297 g/mol. The van der Waals surface area contributed by atoms with Gasteiger partial charge in [-0.25, -0.2) is 4.98 Å². The van der Waals surface area contributed by atoms with Crippen molar-refractivity contribution in [2.24, 2.45) is 0 Å². The van der Waals surface area contributed by atoms with Gasteiger partial charge in [0.15, 0.2) is 12.0 Å². The van der Waals surface area contributed by atoms with Crippen LogP contribution in [0.2, 0.25) is 0 Å². The first-order chi connectivity index (χ1) is 10.3. The summed E-state index contributed by atoms with van der Waals surface area (Å²) in [6.07, 6.45) is 3.05. The Morgan fingerprint density at radius 2 is 2.38 bits per heavy atom. The lowest BCUT2D eigenvalue weighted by Gasteiger charge is -2.04. The zero-order chi connectivity index (χ0) is 14.2. The summed E-state index contributed by atoms with van der Waals surface area (Å²) in [5.41, 5.74) is 3.70. The van der Waals surface area contributed by atoms with Crippen molar-refractivity contribution >= 4 is 21.6 Å². The molecule has 21 heavy (non-hydrogen) atoms. The molecule has 4 rings (SSSR count). The van der Waals surface area contributed by atoms with Gasteiger partial charge in [0.1, 0.15) is 0 Å². The first-order valence-electron chi connectivity index (χ1n) is 6.65. The number of fused-ring (bicyclic) bond motifs is 1. The second-order valence-electron chi connectivity index (χ2n) is 5.02. The van der Waals surface area contributed by atoms with Crippen molar-refractivity contribution in [1.29, 1.82) is 5.26 Å². The molecule has 0 amide bonds. The summed E-state index contributed by atoms with van der Waals surface area (Å²) in [5, 5.41) is 13.0. The second kappa shape index (κ2) is 4.82. The Labute approximate surface area is 124 Å². The molecule has 3 heterocycles. The van der Waals surface area contributed by atoms with Crippen molar-refractivity contribution in [2.75, 3.05) is 13.1 Å². The lowest BCUT2D eigenvalue weighted by molar-refractivity contribution is 0.413. The summed E-state index contributed by atoms with van der Waals surface area (Å²) >= 11 is 1.59. The maximum atomic E-state index is 8.90. The third kappa shape index (κ3) is 2.14. The zero-order valence-electron chi connectivity index (χ0n) is 11.1. The highest BCUT2D eigenvalue weighted by molar-refractivity contribution is 7.16. The minimum absolute atomic E-state index is 0.175. The number of nitrogens with zero attached hydrogens (tertiary/aromatic N) is 5. The van der Waals surface area contributed by atoms with Crippen LogP contribution in [-0.4, -0.2) is 33.1 Å². The second-order valence-corrected chi connectivity index (χ2v) is 5.91. The Balaban J connectivity index is 1.63. The highest BCUT2D eigenvalue weighted by Crippen LogP contribution is 2.29. The molecule has 1 fully saturated rings. The smallest absolute Gasteiger partial charge is 0.257 e. The van der Waals surface area contributed by atoms with E-state index in [0.29, 0.717) is 18.3 Å². The van der Waals surface area contributed by atoms with Gasteiger partial charge in [-0.05, 0) is 24.6 Å². The molecule has 1 aromatic carbocycles. The Morgan fingerprint density at radius 3 is 3.24 bits per heavy atom. The minimum Gasteiger partial charge on any atom is -0.334 e. The molecule has 1 saturated heterocycles. The van der Waals surface area contributed by atoms with Crippen LogP contribution in [-0.2, 0) is 0 Å². The van der Waals surface area contributed by atoms with Gasteiger partial charge >= 0.3 is 0 Å². The third-order valence-corrected chi connectivity index (χ3v) is 4.51. The number of nitriles is 1. The van der Waals surface area contributed by atoms with Gasteiger partial charge in [-0.2, -0.15) is 10.2 Å². The Kier molecular flexibility index (Phi) is 2.82. The molecule has 0 N–H and O–H groups in total. The van der Waals surface area contributed by atoms with Crippen LogP contribution in [0.5, 0.6) is 0 Å². The minimum atomic E-state index is 0.175. The van der Waals surface area contributed by atoms with Crippen molar-refractivity contribution in [1.82, 2.24) is 20.0 Å². The molecular weight excluding hydrogens is 286 g/mol. The molecule has 1 unspecified atom stereocenters. The molecule has 0 saturated carbocycles. The summed E-state index contributed by atoms with van der Waals surface area (Å²) in [7, 11) is 0. The molecule has 1 aliphatic rings. The van der Waals surface area contributed by atoms with E-state index >= 15 is 0 Å². The van der Waals surface area contributed by atoms with Gasteiger partial charge in [-0.3, -0.25) is 0 Å². The van der Waals surface area contributed by atoms with Gasteiger partial charge in [0.05, 0.1) is 15.7 Å². The number of thiazole rings is 1. The van der Waals surface area contributed by atoms with Gasteiger partial charge in [-0.1, -0.05) is 5.16 Å². The number of benzene rings is 1. The normalized spacial score (nSPS) is 18.2. The summed E-state index contributed by atoms with van der Waals surface area (Å²) in [4.78, 5) is 10.5. The molecule has 3 aromatic rings. The predicted octanol–water partition coefficient (Wildman–Crippen LogP) is 2.62. The molecule has 0 aliphatic carbocycles. The van der Waals surface area contributed by atoms with Crippen molar-refractivity contribution < 1.29 is 4.52 Å². The molecule has 1 aliphatic heterocycles. The van der Waals surface area contributed by atoms with Crippen LogP contribution in [0.3, 0.4) is 0 Å². The van der Waals surface area contributed by atoms with Gasteiger partial charge in [0.25, 0.3) is 5.89 Å². The maximum absolute atomic E-state index is 8.90. The predicted molar refractivity (Wildman–Crippen MR) is 77.5 cm³/mol. The third-order valence-electron chi connectivity index (χ3n) is 3.71.